The van der Waals surface area contributed by atoms with E-state index in [-0.39, 0.29) is 0 Å². The van der Waals surface area contributed by atoms with Crippen molar-refractivity contribution in [1.82, 2.24) is 4.81 Å². The topological polar surface area (TPSA) is 15.6 Å². The van der Waals surface area contributed by atoms with Gasteiger partial charge in [-0.05, 0) is 40.7 Å². The predicted octanol–water partition coefficient (Wildman–Crippen LogP) is 4.53. The summed E-state index contributed by atoms with van der Waals surface area (Å²) in [5.41, 5.74) is 2.25. The smallest absolute Gasteiger partial charge is 0.251 e. The van der Waals surface area contributed by atoms with Crippen LogP contribution in [0.5, 0.6) is 0 Å². The minimum Gasteiger partial charge on any atom is -0.406 e. The number of thiophene rings is 2. The molecule has 1 aliphatic rings. The van der Waals surface area contributed by atoms with Gasteiger partial charge in [0.05, 0.1) is 12.4 Å². The lowest BCUT2D eigenvalue weighted by Crippen LogP contribution is -2.30. The molecule has 0 atom stereocenters. The van der Waals surface area contributed by atoms with Crippen LogP contribution in [-0.4, -0.2) is 24.6 Å². The molecule has 1 aromatic carbocycles. The Morgan fingerprint density at radius 2 is 1.62 bits per heavy atom. The van der Waals surface area contributed by atoms with E-state index in [4.69, 9.17) is 4.99 Å². The maximum Gasteiger partial charge on any atom is 0.251 e. The van der Waals surface area contributed by atoms with Gasteiger partial charge in [0.25, 0.3) is 7.41 Å². The molecule has 3 heterocycles. The molecule has 0 N–H and O–H groups in total. The molecule has 24 heavy (non-hydrogen) atoms. The molecule has 118 valence electrons. The molecule has 0 amide bonds. The summed E-state index contributed by atoms with van der Waals surface area (Å²) in [4.78, 5) is 9.90. The normalized spacial score (nSPS) is 14.0. The molecule has 2 nitrogen and oxygen atoms in total. The van der Waals surface area contributed by atoms with Gasteiger partial charge in [0.1, 0.15) is 0 Å². The van der Waals surface area contributed by atoms with Crippen LogP contribution in [0.3, 0.4) is 0 Å². The fraction of sp³-hybridized carbons (Fsp3) is 0.105. The van der Waals surface area contributed by atoms with Gasteiger partial charge in [-0.15, -0.1) is 22.7 Å². The molecule has 3 aromatic rings. The molecule has 0 unspecified atom stereocenters. The lowest BCUT2D eigenvalue weighted by Gasteiger charge is -2.25. The van der Waals surface area contributed by atoms with Gasteiger partial charge in [0.15, 0.2) is 0 Å². The third kappa shape index (κ3) is 3.37. The fourth-order valence-electron chi connectivity index (χ4n) is 2.89. The van der Waals surface area contributed by atoms with Gasteiger partial charge in [0.2, 0.25) is 0 Å². The number of rotatable bonds is 5. The molecule has 1 aliphatic heterocycles. The van der Waals surface area contributed by atoms with Crippen LogP contribution in [0.4, 0.5) is 0 Å². The summed E-state index contributed by atoms with van der Waals surface area (Å²) in [6.07, 6.45) is 4.31. The van der Waals surface area contributed by atoms with E-state index in [1.54, 1.807) is 0 Å². The van der Waals surface area contributed by atoms with E-state index in [1.165, 1.54) is 15.3 Å². The van der Waals surface area contributed by atoms with Crippen molar-refractivity contribution in [2.45, 2.75) is 5.82 Å². The van der Waals surface area contributed by atoms with Crippen molar-refractivity contribution in [1.29, 1.82) is 0 Å². The molecule has 0 aliphatic carbocycles. The van der Waals surface area contributed by atoms with Crippen molar-refractivity contribution in [2.24, 2.45) is 4.99 Å². The van der Waals surface area contributed by atoms with Gasteiger partial charge >= 0.3 is 0 Å². The summed E-state index contributed by atoms with van der Waals surface area (Å²) < 4.78 is 0. The van der Waals surface area contributed by atoms with Crippen LogP contribution in [0.1, 0.15) is 21.1 Å². The molecular formula is C19H17BN2S2. The van der Waals surface area contributed by atoms with Gasteiger partial charge in [-0.25, -0.2) is 0 Å². The van der Waals surface area contributed by atoms with Gasteiger partial charge in [-0.2, -0.15) is 0 Å². The Hall–Kier alpha value is -2.11. The zero-order valence-electron chi connectivity index (χ0n) is 13.2. The first-order valence-corrected chi connectivity index (χ1v) is 9.75. The van der Waals surface area contributed by atoms with Crippen LogP contribution >= 0.6 is 22.7 Å². The number of hydrogen-bond acceptors (Lipinski definition) is 4. The van der Waals surface area contributed by atoms with Crippen LogP contribution in [-0.2, 0) is 0 Å². The number of nitrogens with zero attached hydrogens (tertiary/aromatic N) is 2. The molecule has 5 heteroatoms. The second kappa shape index (κ2) is 7.20. The van der Waals surface area contributed by atoms with Crippen LogP contribution in [0.25, 0.3) is 0 Å². The van der Waals surface area contributed by atoms with E-state index in [1.807, 2.05) is 28.7 Å². The van der Waals surface area contributed by atoms with E-state index < -0.39 is 0 Å². The monoisotopic (exact) mass is 348 g/mol. The van der Waals surface area contributed by atoms with Crippen LogP contribution in [0.15, 0.2) is 82.6 Å². The number of hydrogen-bond donors (Lipinski definition) is 0. The molecule has 0 saturated heterocycles. The Morgan fingerprint density at radius 3 is 2.17 bits per heavy atom. The van der Waals surface area contributed by atoms with Gasteiger partial charge in [0, 0.05) is 15.6 Å². The second-order valence-corrected chi connectivity index (χ2v) is 7.68. The Kier molecular flexibility index (Phi) is 4.63. The number of allylic oxidation sites excluding steroid dienone is 1. The van der Waals surface area contributed by atoms with Gasteiger partial charge in [-0.3, -0.25) is 4.99 Å². The second-order valence-electron chi connectivity index (χ2n) is 5.72. The van der Waals surface area contributed by atoms with Crippen molar-refractivity contribution >= 4 is 35.8 Å². The quantitative estimate of drug-likeness (QED) is 0.619. The average Bonchev–Trinajstić information content (AvgIpc) is 3.35. The standard InChI is InChI=1S/C19H17BN2S2/c1-2-6-15(7-3-1)16-10-11-22(14-21-16)20-19(17-8-4-12-23-17)18-9-5-13-24-18/h1-13,19-20H,14H2. The highest BCUT2D eigenvalue weighted by atomic mass is 32.1. The first-order valence-electron chi connectivity index (χ1n) is 7.99. The molecular weight excluding hydrogens is 331 g/mol. The average molecular weight is 348 g/mol. The molecule has 0 bridgehead atoms. The Morgan fingerprint density at radius 1 is 0.917 bits per heavy atom. The molecule has 0 saturated carbocycles. The Labute approximate surface area is 151 Å². The largest absolute Gasteiger partial charge is 0.406 e. The molecule has 0 fully saturated rings. The van der Waals surface area contributed by atoms with Crippen molar-refractivity contribution in [3.8, 4) is 0 Å². The first-order chi connectivity index (χ1) is 11.9. The highest BCUT2D eigenvalue weighted by Gasteiger charge is 2.22. The maximum atomic E-state index is 4.76. The summed E-state index contributed by atoms with van der Waals surface area (Å²) in [6.45, 7) is 0.716. The van der Waals surface area contributed by atoms with Crippen LogP contribution < -0.4 is 0 Å². The minimum absolute atomic E-state index is 0.420. The van der Waals surface area contributed by atoms with Crippen molar-refractivity contribution < 1.29 is 0 Å². The van der Waals surface area contributed by atoms with Crippen molar-refractivity contribution in [3.05, 3.63) is 93.0 Å². The molecule has 0 spiro atoms. The summed E-state index contributed by atoms with van der Waals surface area (Å²) in [7, 11) is 0.961. The van der Waals surface area contributed by atoms with Crippen LogP contribution in [0.2, 0.25) is 0 Å². The van der Waals surface area contributed by atoms with E-state index in [9.17, 15) is 0 Å². The summed E-state index contributed by atoms with van der Waals surface area (Å²) in [5.74, 6) is 0.420. The lowest BCUT2D eigenvalue weighted by atomic mass is 9.72. The van der Waals surface area contributed by atoms with Gasteiger partial charge in [-0.1, -0.05) is 42.5 Å². The summed E-state index contributed by atoms with van der Waals surface area (Å²) in [6, 6.07) is 19.1. The van der Waals surface area contributed by atoms with Crippen LogP contribution in [0, 0.1) is 0 Å². The Balaban J connectivity index is 1.49. The van der Waals surface area contributed by atoms with Crippen molar-refractivity contribution in [3.63, 3.8) is 0 Å². The van der Waals surface area contributed by atoms with E-state index in [2.05, 4.69) is 76.4 Å². The first kappa shape index (κ1) is 15.4. The number of aliphatic imine (C=N–C) groups is 1. The SMILES string of the molecule is B(C(c1cccs1)c1cccs1)N1C=CC(c2ccccc2)=NC1. The van der Waals surface area contributed by atoms with E-state index >= 15 is 0 Å². The maximum absolute atomic E-state index is 4.76. The third-order valence-electron chi connectivity index (χ3n) is 4.13. The summed E-state index contributed by atoms with van der Waals surface area (Å²) in [5, 5.41) is 4.32. The summed E-state index contributed by atoms with van der Waals surface area (Å²) >= 11 is 3.67. The molecule has 2 aromatic heterocycles. The fourth-order valence-corrected chi connectivity index (χ4v) is 4.64. The third-order valence-corrected chi connectivity index (χ3v) is 6.10. The number of benzene rings is 1. The molecule has 0 radical (unpaired) electrons. The Bertz CT molecular complexity index is 789. The van der Waals surface area contributed by atoms with E-state index in [0.717, 1.165) is 13.1 Å². The zero-order chi connectivity index (χ0) is 16.2. The lowest BCUT2D eigenvalue weighted by molar-refractivity contribution is 0.594. The predicted molar refractivity (Wildman–Crippen MR) is 106 cm³/mol. The highest BCUT2D eigenvalue weighted by Crippen LogP contribution is 2.31. The van der Waals surface area contributed by atoms with Gasteiger partial charge < -0.3 is 4.81 Å². The minimum atomic E-state index is 0.420. The van der Waals surface area contributed by atoms with Crippen molar-refractivity contribution in [2.75, 3.05) is 6.67 Å². The molecule has 4 rings (SSSR count). The highest BCUT2D eigenvalue weighted by molar-refractivity contribution is 7.12. The van der Waals surface area contributed by atoms with E-state index in [0.29, 0.717) is 12.5 Å². The zero-order valence-corrected chi connectivity index (χ0v) is 14.8.